The van der Waals surface area contributed by atoms with Gasteiger partial charge in [0, 0.05) is 12.0 Å². The molecule has 1 saturated carbocycles. The lowest BCUT2D eigenvalue weighted by Gasteiger charge is -2.23. The highest BCUT2D eigenvalue weighted by Crippen LogP contribution is 2.35. The van der Waals surface area contributed by atoms with Gasteiger partial charge in [0.1, 0.15) is 5.75 Å². The molecule has 0 radical (unpaired) electrons. The fourth-order valence-corrected chi connectivity index (χ4v) is 2.65. The maximum absolute atomic E-state index is 5.92. The van der Waals surface area contributed by atoms with Gasteiger partial charge in [-0.15, -0.1) is 0 Å². The molecule has 0 aliphatic heterocycles. The van der Waals surface area contributed by atoms with Crippen LogP contribution in [0.5, 0.6) is 5.75 Å². The molecule has 4 heteroatoms. The normalized spacial score (nSPS) is 24.3. The molecule has 1 fully saturated rings. The number of fused-ring (bicyclic) bond motifs is 1. The SMILES string of the molecule is COc1cccc2oc(C3CCC(N)CC3)nc12. The number of nitrogens with two attached hydrogens (primary N) is 1. The Morgan fingerprint density at radius 2 is 2.06 bits per heavy atom. The number of ether oxygens (including phenoxy) is 1. The maximum atomic E-state index is 5.92. The van der Waals surface area contributed by atoms with E-state index in [4.69, 9.17) is 14.9 Å². The Kier molecular flexibility index (Phi) is 2.96. The molecule has 1 aliphatic carbocycles. The minimum absolute atomic E-state index is 0.347. The van der Waals surface area contributed by atoms with Crippen LogP contribution in [0.25, 0.3) is 11.1 Å². The number of methoxy groups -OCH3 is 1. The average Bonchev–Trinajstić information content (AvgIpc) is 2.83. The number of nitrogens with zero attached hydrogens (tertiary/aromatic N) is 1. The van der Waals surface area contributed by atoms with Crippen LogP contribution in [0.15, 0.2) is 22.6 Å². The molecule has 3 rings (SSSR count). The lowest BCUT2D eigenvalue weighted by Crippen LogP contribution is -2.25. The Balaban J connectivity index is 1.93. The highest BCUT2D eigenvalue weighted by atomic mass is 16.5. The van der Waals surface area contributed by atoms with E-state index in [0.29, 0.717) is 12.0 Å². The van der Waals surface area contributed by atoms with Crippen LogP contribution in [0.4, 0.5) is 0 Å². The van der Waals surface area contributed by atoms with Gasteiger partial charge in [-0.05, 0) is 37.8 Å². The zero-order chi connectivity index (χ0) is 12.5. The third-order valence-corrected chi connectivity index (χ3v) is 3.74. The highest BCUT2D eigenvalue weighted by Gasteiger charge is 2.24. The predicted molar refractivity (Wildman–Crippen MR) is 69.7 cm³/mol. The van der Waals surface area contributed by atoms with Crippen LogP contribution in [-0.4, -0.2) is 18.1 Å². The Hall–Kier alpha value is -1.55. The van der Waals surface area contributed by atoms with Gasteiger partial charge in [-0.3, -0.25) is 0 Å². The summed E-state index contributed by atoms with van der Waals surface area (Å²) < 4.78 is 11.2. The van der Waals surface area contributed by atoms with Gasteiger partial charge in [0.2, 0.25) is 0 Å². The van der Waals surface area contributed by atoms with Gasteiger partial charge < -0.3 is 14.9 Å². The van der Waals surface area contributed by atoms with Crippen molar-refractivity contribution in [2.75, 3.05) is 7.11 Å². The molecule has 1 heterocycles. The van der Waals surface area contributed by atoms with E-state index in [1.807, 2.05) is 18.2 Å². The van der Waals surface area contributed by atoms with Crippen LogP contribution in [0.3, 0.4) is 0 Å². The summed E-state index contributed by atoms with van der Waals surface area (Å²) in [6, 6.07) is 6.11. The van der Waals surface area contributed by atoms with Crippen LogP contribution in [0, 0.1) is 0 Å². The Bertz CT molecular complexity index is 542. The molecule has 1 aromatic heterocycles. The third-order valence-electron chi connectivity index (χ3n) is 3.74. The van der Waals surface area contributed by atoms with Crippen LogP contribution < -0.4 is 10.5 Å². The van der Waals surface area contributed by atoms with Crippen molar-refractivity contribution in [3.05, 3.63) is 24.1 Å². The number of benzene rings is 1. The average molecular weight is 246 g/mol. The molecule has 4 nitrogen and oxygen atoms in total. The summed E-state index contributed by atoms with van der Waals surface area (Å²) in [5.41, 5.74) is 7.55. The predicted octanol–water partition coefficient (Wildman–Crippen LogP) is 2.82. The molecule has 0 atom stereocenters. The summed E-state index contributed by atoms with van der Waals surface area (Å²) in [7, 11) is 1.66. The molecule has 2 N–H and O–H groups in total. The molecule has 0 saturated heterocycles. The quantitative estimate of drug-likeness (QED) is 0.885. The number of hydrogen-bond acceptors (Lipinski definition) is 4. The van der Waals surface area contributed by atoms with E-state index in [-0.39, 0.29) is 0 Å². The van der Waals surface area contributed by atoms with Gasteiger partial charge in [-0.25, -0.2) is 4.98 Å². The number of rotatable bonds is 2. The summed E-state index contributed by atoms with van der Waals surface area (Å²) in [4.78, 5) is 4.60. The topological polar surface area (TPSA) is 61.3 Å². The van der Waals surface area contributed by atoms with Crippen LogP contribution in [0.2, 0.25) is 0 Å². The number of hydrogen-bond donors (Lipinski definition) is 1. The van der Waals surface area contributed by atoms with Crippen LogP contribution >= 0.6 is 0 Å². The second-order valence-electron chi connectivity index (χ2n) is 4.97. The van der Waals surface area contributed by atoms with E-state index in [0.717, 1.165) is 48.4 Å². The summed E-state index contributed by atoms with van der Waals surface area (Å²) in [6.45, 7) is 0. The van der Waals surface area contributed by atoms with Crippen molar-refractivity contribution in [1.29, 1.82) is 0 Å². The van der Waals surface area contributed by atoms with Crippen LogP contribution in [0.1, 0.15) is 37.5 Å². The standard InChI is InChI=1S/C14H18N2O2/c1-17-11-3-2-4-12-13(11)16-14(18-12)9-5-7-10(15)8-6-9/h2-4,9-10H,5-8,15H2,1H3. The smallest absolute Gasteiger partial charge is 0.198 e. The number of para-hydroxylation sites is 1. The molecule has 0 spiro atoms. The fraction of sp³-hybridized carbons (Fsp3) is 0.500. The molecule has 18 heavy (non-hydrogen) atoms. The summed E-state index contributed by atoms with van der Waals surface area (Å²) in [5.74, 6) is 2.01. The third kappa shape index (κ3) is 1.97. The lowest BCUT2D eigenvalue weighted by atomic mass is 9.86. The second kappa shape index (κ2) is 4.61. The van der Waals surface area contributed by atoms with E-state index in [9.17, 15) is 0 Å². The van der Waals surface area contributed by atoms with Crippen LogP contribution in [-0.2, 0) is 0 Å². The van der Waals surface area contributed by atoms with E-state index in [1.54, 1.807) is 7.11 Å². The van der Waals surface area contributed by atoms with Gasteiger partial charge >= 0.3 is 0 Å². The van der Waals surface area contributed by atoms with Gasteiger partial charge in [-0.2, -0.15) is 0 Å². The molecule has 0 amide bonds. The lowest BCUT2D eigenvalue weighted by molar-refractivity contribution is 0.346. The van der Waals surface area contributed by atoms with Gasteiger partial charge in [0.25, 0.3) is 0 Å². The first kappa shape index (κ1) is 11.5. The van der Waals surface area contributed by atoms with Gasteiger partial charge in [0.15, 0.2) is 17.0 Å². The Morgan fingerprint density at radius 3 is 2.78 bits per heavy atom. The van der Waals surface area contributed by atoms with Crippen molar-refractivity contribution in [3.63, 3.8) is 0 Å². The largest absolute Gasteiger partial charge is 0.494 e. The number of oxazole rings is 1. The van der Waals surface area contributed by atoms with Crippen molar-refractivity contribution in [1.82, 2.24) is 4.98 Å². The van der Waals surface area contributed by atoms with Crippen molar-refractivity contribution < 1.29 is 9.15 Å². The first-order valence-electron chi connectivity index (χ1n) is 6.47. The van der Waals surface area contributed by atoms with Crippen molar-refractivity contribution in [3.8, 4) is 5.75 Å². The molecular weight excluding hydrogens is 228 g/mol. The zero-order valence-corrected chi connectivity index (χ0v) is 10.6. The minimum Gasteiger partial charge on any atom is -0.494 e. The summed E-state index contributed by atoms with van der Waals surface area (Å²) >= 11 is 0. The fourth-order valence-electron chi connectivity index (χ4n) is 2.65. The van der Waals surface area contributed by atoms with E-state index < -0.39 is 0 Å². The highest BCUT2D eigenvalue weighted by molar-refractivity contribution is 5.79. The molecule has 0 bridgehead atoms. The number of aromatic nitrogens is 1. The summed E-state index contributed by atoms with van der Waals surface area (Å²) in [5, 5.41) is 0. The van der Waals surface area contributed by atoms with Gasteiger partial charge in [0.05, 0.1) is 7.11 Å². The molecular formula is C14H18N2O2. The second-order valence-corrected chi connectivity index (χ2v) is 4.97. The molecule has 0 unspecified atom stereocenters. The molecule has 2 aromatic rings. The Labute approximate surface area is 106 Å². The van der Waals surface area contributed by atoms with E-state index in [1.165, 1.54) is 0 Å². The van der Waals surface area contributed by atoms with E-state index in [2.05, 4.69) is 4.98 Å². The summed E-state index contributed by atoms with van der Waals surface area (Å²) in [6.07, 6.45) is 4.24. The molecule has 1 aliphatic rings. The van der Waals surface area contributed by atoms with Crippen molar-refractivity contribution >= 4 is 11.1 Å². The Morgan fingerprint density at radius 1 is 1.28 bits per heavy atom. The van der Waals surface area contributed by atoms with E-state index >= 15 is 0 Å². The minimum atomic E-state index is 0.347. The van der Waals surface area contributed by atoms with Crippen molar-refractivity contribution in [2.45, 2.75) is 37.6 Å². The van der Waals surface area contributed by atoms with Crippen molar-refractivity contribution in [2.24, 2.45) is 5.73 Å². The maximum Gasteiger partial charge on any atom is 0.198 e. The van der Waals surface area contributed by atoms with Gasteiger partial charge in [-0.1, -0.05) is 6.07 Å². The monoisotopic (exact) mass is 246 g/mol. The molecule has 1 aromatic carbocycles. The zero-order valence-electron chi connectivity index (χ0n) is 10.6. The molecule has 96 valence electrons. The first-order chi connectivity index (χ1) is 8.78. The first-order valence-corrected chi connectivity index (χ1v) is 6.47.